The predicted octanol–water partition coefficient (Wildman–Crippen LogP) is 3.42. The van der Waals surface area contributed by atoms with Crippen LogP contribution in [-0.2, 0) is 6.18 Å². The van der Waals surface area contributed by atoms with Crippen LogP contribution in [0.2, 0.25) is 0 Å². The summed E-state index contributed by atoms with van der Waals surface area (Å²) in [6.07, 6.45) is -2.88. The van der Waals surface area contributed by atoms with E-state index in [9.17, 15) is 23.1 Å². The lowest BCUT2D eigenvalue weighted by Crippen LogP contribution is -2.32. The highest BCUT2D eigenvalue weighted by Gasteiger charge is 2.37. The molecule has 0 atom stereocenters. The van der Waals surface area contributed by atoms with E-state index >= 15 is 0 Å². The smallest absolute Gasteiger partial charge is 0.433 e. The monoisotopic (exact) mass is 302 g/mol. The van der Waals surface area contributed by atoms with E-state index in [1.807, 2.05) is 13.8 Å². The van der Waals surface area contributed by atoms with Crippen molar-refractivity contribution >= 4 is 11.8 Å². The molecule has 1 N–H and O–H groups in total. The lowest BCUT2D eigenvalue weighted by atomic mass is 10.1. The van der Waals surface area contributed by atoms with E-state index in [-0.39, 0.29) is 23.3 Å². The van der Waals surface area contributed by atoms with Gasteiger partial charge in [0.25, 0.3) is 0 Å². The number of aromatic nitrogens is 1. The van der Waals surface area contributed by atoms with Crippen LogP contribution >= 0.6 is 0 Å². The topological polar surface area (TPSA) is 53.4 Å². The number of hydrogen-bond donors (Lipinski definition) is 1. The fourth-order valence-corrected chi connectivity index (χ4v) is 2.18. The zero-order chi connectivity index (χ0) is 15.8. The molecular weight excluding hydrogens is 285 g/mol. The fourth-order valence-electron chi connectivity index (χ4n) is 2.18. The van der Waals surface area contributed by atoms with E-state index in [0.717, 1.165) is 18.9 Å². The van der Waals surface area contributed by atoms with Crippen molar-refractivity contribution in [1.82, 2.24) is 4.98 Å². The number of alkyl halides is 3. The Morgan fingerprint density at radius 1 is 1.43 bits per heavy atom. The minimum absolute atomic E-state index is 0.0754. The maximum Gasteiger partial charge on any atom is 0.433 e. The van der Waals surface area contributed by atoms with E-state index in [2.05, 4.69) is 4.98 Å². The molecule has 2 rings (SSSR count). The molecule has 1 aromatic heterocycles. The number of rotatable bonds is 5. The van der Waals surface area contributed by atoms with Gasteiger partial charge in [-0.2, -0.15) is 13.2 Å². The molecule has 1 saturated carbocycles. The molecule has 1 heterocycles. The Labute approximate surface area is 120 Å². The van der Waals surface area contributed by atoms with E-state index in [1.165, 1.54) is 0 Å². The normalized spacial score (nSPS) is 15.3. The van der Waals surface area contributed by atoms with Crippen LogP contribution in [0.15, 0.2) is 12.1 Å². The quantitative estimate of drug-likeness (QED) is 0.905. The van der Waals surface area contributed by atoms with Crippen LogP contribution in [0.4, 0.5) is 19.0 Å². The van der Waals surface area contributed by atoms with E-state index in [4.69, 9.17) is 0 Å². The van der Waals surface area contributed by atoms with Crippen LogP contribution in [0.1, 0.15) is 42.7 Å². The molecule has 0 radical (unpaired) electrons. The van der Waals surface area contributed by atoms with Gasteiger partial charge in [-0.25, -0.2) is 9.78 Å². The van der Waals surface area contributed by atoms with Gasteiger partial charge in [-0.1, -0.05) is 13.8 Å². The van der Waals surface area contributed by atoms with Crippen LogP contribution in [-0.4, -0.2) is 28.6 Å². The molecule has 1 aliphatic carbocycles. The van der Waals surface area contributed by atoms with Gasteiger partial charge in [0.2, 0.25) is 0 Å². The molecule has 4 nitrogen and oxygen atoms in total. The molecular formula is C14H17F3N2O2. The summed E-state index contributed by atoms with van der Waals surface area (Å²) in [6.45, 7) is 4.35. The molecule has 0 bridgehead atoms. The summed E-state index contributed by atoms with van der Waals surface area (Å²) in [6, 6.07) is 1.79. The number of carboxylic acid groups (broad SMARTS) is 1. The molecule has 0 unspecified atom stereocenters. The van der Waals surface area contributed by atoms with Crippen LogP contribution < -0.4 is 4.90 Å². The summed E-state index contributed by atoms with van der Waals surface area (Å²) in [5.41, 5.74) is -1.24. The number of hydrogen-bond acceptors (Lipinski definition) is 3. The van der Waals surface area contributed by atoms with Gasteiger partial charge in [0.15, 0.2) is 0 Å². The third kappa shape index (κ3) is 3.65. The number of pyridine rings is 1. The van der Waals surface area contributed by atoms with Crippen molar-refractivity contribution in [2.24, 2.45) is 5.92 Å². The molecule has 116 valence electrons. The lowest BCUT2D eigenvalue weighted by molar-refractivity contribution is -0.141. The van der Waals surface area contributed by atoms with Crippen molar-refractivity contribution < 1.29 is 23.1 Å². The third-order valence-electron chi connectivity index (χ3n) is 3.22. The summed E-state index contributed by atoms with van der Waals surface area (Å²) in [5, 5.41) is 9.20. The molecule has 21 heavy (non-hydrogen) atoms. The van der Waals surface area contributed by atoms with Gasteiger partial charge in [-0.05, 0) is 30.9 Å². The van der Waals surface area contributed by atoms with E-state index in [0.29, 0.717) is 12.6 Å². The summed E-state index contributed by atoms with van der Waals surface area (Å²) >= 11 is 0. The lowest BCUT2D eigenvalue weighted by Gasteiger charge is -2.27. The van der Waals surface area contributed by atoms with Crippen LogP contribution in [0.25, 0.3) is 0 Å². The highest BCUT2D eigenvalue weighted by molar-refractivity contribution is 5.93. The Hall–Kier alpha value is -1.79. The largest absolute Gasteiger partial charge is 0.478 e. The van der Waals surface area contributed by atoms with Gasteiger partial charge >= 0.3 is 12.1 Å². The number of carboxylic acids is 1. The zero-order valence-corrected chi connectivity index (χ0v) is 11.8. The van der Waals surface area contributed by atoms with Crippen LogP contribution in [0.5, 0.6) is 0 Å². The first-order valence-corrected chi connectivity index (χ1v) is 6.78. The Morgan fingerprint density at radius 2 is 2.05 bits per heavy atom. The Balaban J connectivity index is 2.48. The average molecular weight is 302 g/mol. The summed E-state index contributed by atoms with van der Waals surface area (Å²) in [4.78, 5) is 16.6. The molecule has 0 amide bonds. The van der Waals surface area contributed by atoms with E-state index in [1.54, 1.807) is 4.90 Å². The zero-order valence-electron chi connectivity index (χ0n) is 11.8. The van der Waals surface area contributed by atoms with Gasteiger partial charge in [-0.15, -0.1) is 0 Å². The molecule has 1 aliphatic rings. The first kappa shape index (κ1) is 15.6. The van der Waals surface area contributed by atoms with Gasteiger partial charge in [-0.3, -0.25) is 0 Å². The van der Waals surface area contributed by atoms with Crippen molar-refractivity contribution in [2.45, 2.75) is 38.9 Å². The predicted molar refractivity (Wildman–Crippen MR) is 71.4 cm³/mol. The average Bonchev–Trinajstić information content (AvgIpc) is 3.18. The van der Waals surface area contributed by atoms with Crippen LogP contribution in [0, 0.1) is 5.92 Å². The summed E-state index contributed by atoms with van der Waals surface area (Å²) in [5.74, 6) is -1.14. The third-order valence-corrected chi connectivity index (χ3v) is 3.22. The first-order chi connectivity index (χ1) is 9.70. The van der Waals surface area contributed by atoms with Gasteiger partial charge in [0.1, 0.15) is 17.1 Å². The Morgan fingerprint density at radius 3 is 2.48 bits per heavy atom. The van der Waals surface area contributed by atoms with Gasteiger partial charge in [0, 0.05) is 12.6 Å². The molecule has 0 aliphatic heterocycles. The minimum Gasteiger partial charge on any atom is -0.478 e. The maximum absolute atomic E-state index is 12.8. The minimum atomic E-state index is -4.58. The van der Waals surface area contributed by atoms with Gasteiger partial charge in [0.05, 0.1) is 0 Å². The van der Waals surface area contributed by atoms with Crippen molar-refractivity contribution in [3.05, 3.63) is 23.4 Å². The molecule has 0 saturated heterocycles. The second-order valence-corrected chi connectivity index (χ2v) is 5.65. The number of halogens is 3. The first-order valence-electron chi connectivity index (χ1n) is 6.78. The Kier molecular flexibility index (Phi) is 4.11. The number of carbonyl (C=O) groups is 1. The van der Waals surface area contributed by atoms with Crippen LogP contribution in [0.3, 0.4) is 0 Å². The number of anilines is 1. The van der Waals surface area contributed by atoms with Gasteiger partial charge < -0.3 is 10.0 Å². The molecule has 1 fully saturated rings. The standard InChI is InChI=1S/C14H17F3N2O2/c1-8(2)7-19(9-3-4-9)12-10(13(20)21)5-6-11(18-12)14(15,16)17/h5-6,8-9H,3-4,7H2,1-2H3,(H,20,21). The second kappa shape index (κ2) is 5.54. The van der Waals surface area contributed by atoms with Crippen molar-refractivity contribution in [3.8, 4) is 0 Å². The molecule has 1 aromatic rings. The second-order valence-electron chi connectivity index (χ2n) is 5.65. The summed E-state index contributed by atoms with van der Waals surface area (Å²) in [7, 11) is 0. The van der Waals surface area contributed by atoms with Crippen molar-refractivity contribution in [1.29, 1.82) is 0 Å². The number of aromatic carboxylic acids is 1. The highest BCUT2D eigenvalue weighted by Crippen LogP contribution is 2.36. The Bertz CT molecular complexity index is 540. The SMILES string of the molecule is CC(C)CN(c1nc(C(F)(F)F)ccc1C(=O)O)C1CC1. The fraction of sp³-hybridized carbons (Fsp3) is 0.571. The maximum atomic E-state index is 12.8. The summed E-state index contributed by atoms with van der Waals surface area (Å²) < 4.78 is 38.4. The van der Waals surface area contributed by atoms with E-state index < -0.39 is 17.8 Å². The molecule has 0 aromatic carbocycles. The molecule has 0 spiro atoms. The highest BCUT2D eigenvalue weighted by atomic mass is 19.4. The van der Waals surface area contributed by atoms with Crippen molar-refractivity contribution in [2.75, 3.05) is 11.4 Å². The number of nitrogens with zero attached hydrogens (tertiary/aromatic N) is 2. The molecule has 7 heteroatoms. The van der Waals surface area contributed by atoms with Crippen molar-refractivity contribution in [3.63, 3.8) is 0 Å².